The molecule has 0 aliphatic rings. The molecule has 168 valence electrons. The molecule has 33 heavy (non-hydrogen) atoms. The molecule has 9 heteroatoms. The van der Waals surface area contributed by atoms with Gasteiger partial charge in [-0.25, -0.2) is 0 Å². The third-order valence-corrected chi connectivity index (χ3v) is 4.61. The lowest BCUT2D eigenvalue weighted by molar-refractivity contribution is 0.415. The summed E-state index contributed by atoms with van der Waals surface area (Å²) in [5, 5.41) is 9.61. The molecule has 0 saturated carbocycles. The zero-order valence-electron chi connectivity index (χ0n) is 18.5. The quantitative estimate of drug-likeness (QED) is 0.324. The molecule has 4 aromatic rings. The summed E-state index contributed by atoms with van der Waals surface area (Å²) in [5.74, 6) is 3.23. The predicted molar refractivity (Wildman–Crippen MR) is 129 cm³/mol. The number of benzene rings is 3. The number of hydrogen-bond acceptors (Lipinski definition) is 9. The van der Waals surface area contributed by atoms with Gasteiger partial charge in [0, 0.05) is 35.3 Å². The molecule has 0 aliphatic heterocycles. The van der Waals surface area contributed by atoms with Crippen molar-refractivity contribution >= 4 is 34.9 Å². The summed E-state index contributed by atoms with van der Waals surface area (Å²) in [6.07, 6.45) is 0. The molecule has 0 spiro atoms. The van der Waals surface area contributed by atoms with Gasteiger partial charge in [0.2, 0.25) is 17.8 Å². The van der Waals surface area contributed by atoms with Crippen LogP contribution in [0.15, 0.2) is 72.8 Å². The number of rotatable bonds is 9. The highest BCUT2D eigenvalue weighted by molar-refractivity contribution is 5.63. The largest absolute Gasteiger partial charge is 0.497 e. The lowest BCUT2D eigenvalue weighted by Crippen LogP contribution is -2.07. The highest BCUT2D eigenvalue weighted by Crippen LogP contribution is 2.25. The van der Waals surface area contributed by atoms with Crippen LogP contribution in [0, 0.1) is 0 Å². The zero-order valence-corrected chi connectivity index (χ0v) is 18.5. The minimum atomic E-state index is 0.356. The van der Waals surface area contributed by atoms with E-state index in [-0.39, 0.29) is 0 Å². The van der Waals surface area contributed by atoms with Gasteiger partial charge in [0.1, 0.15) is 17.2 Å². The third-order valence-electron chi connectivity index (χ3n) is 4.61. The standard InChI is InChI=1S/C24H24N6O3/c1-31-19-10-4-7-16(13-19)25-22-28-23(26-17-8-5-11-20(14-17)32-2)30-24(29-22)27-18-9-6-12-21(15-18)33-3/h4-15H,1-3H3,(H3,25,26,27,28,29,30). The molecule has 0 atom stereocenters. The topological polar surface area (TPSA) is 102 Å². The van der Waals surface area contributed by atoms with E-state index in [2.05, 4.69) is 30.9 Å². The first kappa shape index (κ1) is 21.7. The van der Waals surface area contributed by atoms with Gasteiger partial charge in [-0.3, -0.25) is 0 Å². The van der Waals surface area contributed by atoms with E-state index in [0.29, 0.717) is 17.8 Å². The maximum atomic E-state index is 5.30. The Bertz CT molecular complexity index is 1070. The fourth-order valence-corrected chi connectivity index (χ4v) is 3.03. The van der Waals surface area contributed by atoms with E-state index in [1.54, 1.807) is 21.3 Å². The Balaban J connectivity index is 1.66. The average Bonchev–Trinajstić information content (AvgIpc) is 2.84. The molecule has 0 fully saturated rings. The molecule has 0 aliphatic carbocycles. The smallest absolute Gasteiger partial charge is 0.233 e. The lowest BCUT2D eigenvalue weighted by Gasteiger charge is -2.12. The van der Waals surface area contributed by atoms with Gasteiger partial charge in [-0.2, -0.15) is 15.0 Å². The minimum absolute atomic E-state index is 0.356. The second kappa shape index (κ2) is 10.2. The van der Waals surface area contributed by atoms with E-state index in [9.17, 15) is 0 Å². The lowest BCUT2D eigenvalue weighted by atomic mass is 10.3. The molecule has 1 aromatic heterocycles. The molecule has 0 saturated heterocycles. The van der Waals surface area contributed by atoms with E-state index in [1.165, 1.54) is 0 Å². The Morgan fingerprint density at radius 2 is 0.788 bits per heavy atom. The molecular formula is C24H24N6O3. The average molecular weight is 444 g/mol. The van der Waals surface area contributed by atoms with Crippen molar-refractivity contribution < 1.29 is 14.2 Å². The van der Waals surface area contributed by atoms with Crippen LogP contribution in [0.4, 0.5) is 34.9 Å². The van der Waals surface area contributed by atoms with Crippen LogP contribution >= 0.6 is 0 Å². The third kappa shape index (κ3) is 5.79. The fourth-order valence-electron chi connectivity index (χ4n) is 3.03. The van der Waals surface area contributed by atoms with Crippen LogP contribution in [0.3, 0.4) is 0 Å². The summed E-state index contributed by atoms with van der Waals surface area (Å²) in [4.78, 5) is 13.6. The SMILES string of the molecule is COc1cccc(Nc2nc(Nc3cccc(OC)c3)nc(Nc3cccc(OC)c3)n2)c1. The van der Waals surface area contributed by atoms with Gasteiger partial charge in [-0.05, 0) is 36.4 Å². The monoisotopic (exact) mass is 444 g/mol. The second-order valence-corrected chi connectivity index (χ2v) is 6.88. The van der Waals surface area contributed by atoms with Crippen molar-refractivity contribution in [2.45, 2.75) is 0 Å². The van der Waals surface area contributed by atoms with Crippen molar-refractivity contribution in [2.75, 3.05) is 37.3 Å². The van der Waals surface area contributed by atoms with Crippen LogP contribution in [-0.2, 0) is 0 Å². The number of anilines is 6. The van der Waals surface area contributed by atoms with Gasteiger partial charge in [0.25, 0.3) is 0 Å². The summed E-state index contributed by atoms with van der Waals surface area (Å²) in [6, 6.07) is 22.5. The molecular weight excluding hydrogens is 420 g/mol. The van der Waals surface area contributed by atoms with Gasteiger partial charge in [0.05, 0.1) is 21.3 Å². The first-order chi connectivity index (χ1) is 16.1. The first-order valence-electron chi connectivity index (χ1n) is 10.1. The molecule has 4 rings (SSSR count). The number of nitrogens with one attached hydrogen (secondary N) is 3. The van der Waals surface area contributed by atoms with Gasteiger partial charge in [-0.1, -0.05) is 18.2 Å². The van der Waals surface area contributed by atoms with E-state index < -0.39 is 0 Å². The zero-order chi connectivity index (χ0) is 23.0. The predicted octanol–water partition coefficient (Wildman–Crippen LogP) is 5.13. The molecule has 3 aromatic carbocycles. The Morgan fingerprint density at radius 3 is 1.06 bits per heavy atom. The maximum Gasteiger partial charge on any atom is 0.233 e. The van der Waals surface area contributed by atoms with Crippen LogP contribution in [-0.4, -0.2) is 36.3 Å². The molecule has 3 N–H and O–H groups in total. The second-order valence-electron chi connectivity index (χ2n) is 6.88. The minimum Gasteiger partial charge on any atom is -0.497 e. The van der Waals surface area contributed by atoms with Crippen molar-refractivity contribution in [1.82, 2.24) is 15.0 Å². The molecule has 0 radical (unpaired) electrons. The van der Waals surface area contributed by atoms with E-state index >= 15 is 0 Å². The summed E-state index contributed by atoms with van der Waals surface area (Å²) in [5.41, 5.74) is 2.33. The number of methoxy groups -OCH3 is 3. The summed E-state index contributed by atoms with van der Waals surface area (Å²) < 4.78 is 15.9. The fraction of sp³-hybridized carbons (Fsp3) is 0.125. The van der Waals surface area contributed by atoms with Crippen LogP contribution in [0.5, 0.6) is 17.2 Å². The van der Waals surface area contributed by atoms with Crippen molar-refractivity contribution in [3.63, 3.8) is 0 Å². The van der Waals surface area contributed by atoms with Crippen LogP contribution < -0.4 is 30.2 Å². The molecule has 0 unspecified atom stereocenters. The Hall–Kier alpha value is -4.53. The number of ether oxygens (including phenoxy) is 3. The molecule has 0 bridgehead atoms. The van der Waals surface area contributed by atoms with E-state index in [1.807, 2.05) is 72.8 Å². The Labute approximate surface area is 191 Å². The molecule has 1 heterocycles. The normalized spacial score (nSPS) is 10.3. The van der Waals surface area contributed by atoms with Gasteiger partial charge in [-0.15, -0.1) is 0 Å². The van der Waals surface area contributed by atoms with Crippen LogP contribution in [0.1, 0.15) is 0 Å². The van der Waals surface area contributed by atoms with Crippen molar-refractivity contribution in [3.8, 4) is 17.2 Å². The highest BCUT2D eigenvalue weighted by atomic mass is 16.5. The van der Waals surface area contributed by atoms with E-state index in [0.717, 1.165) is 34.3 Å². The number of aromatic nitrogens is 3. The van der Waals surface area contributed by atoms with Crippen molar-refractivity contribution in [3.05, 3.63) is 72.8 Å². The maximum absolute atomic E-state index is 5.30. The van der Waals surface area contributed by atoms with Gasteiger partial charge in [0.15, 0.2) is 0 Å². The van der Waals surface area contributed by atoms with Gasteiger partial charge < -0.3 is 30.2 Å². The molecule has 9 nitrogen and oxygen atoms in total. The number of nitrogens with zero attached hydrogens (tertiary/aromatic N) is 3. The van der Waals surface area contributed by atoms with Crippen LogP contribution in [0.2, 0.25) is 0 Å². The van der Waals surface area contributed by atoms with Crippen molar-refractivity contribution in [2.24, 2.45) is 0 Å². The summed E-state index contributed by atoms with van der Waals surface area (Å²) in [6.45, 7) is 0. The first-order valence-corrected chi connectivity index (χ1v) is 10.1. The molecule has 0 amide bonds. The summed E-state index contributed by atoms with van der Waals surface area (Å²) in [7, 11) is 4.86. The highest BCUT2D eigenvalue weighted by Gasteiger charge is 2.10. The van der Waals surface area contributed by atoms with Crippen molar-refractivity contribution in [1.29, 1.82) is 0 Å². The van der Waals surface area contributed by atoms with Gasteiger partial charge >= 0.3 is 0 Å². The van der Waals surface area contributed by atoms with Crippen LogP contribution in [0.25, 0.3) is 0 Å². The Kier molecular flexibility index (Phi) is 6.70. The summed E-state index contributed by atoms with van der Waals surface area (Å²) >= 11 is 0. The van der Waals surface area contributed by atoms with E-state index in [4.69, 9.17) is 14.2 Å². The number of hydrogen-bond donors (Lipinski definition) is 3. The Morgan fingerprint density at radius 1 is 0.485 bits per heavy atom.